The number of anilines is 2. The van der Waals surface area contributed by atoms with Gasteiger partial charge < -0.3 is 15.0 Å². The minimum Gasteiger partial charge on any atom is -0.378 e. The Balaban J connectivity index is 1.48. The Kier molecular flexibility index (Phi) is 6.38. The highest BCUT2D eigenvalue weighted by molar-refractivity contribution is 7.13. The van der Waals surface area contributed by atoms with E-state index in [0.29, 0.717) is 6.54 Å². The SMILES string of the molecule is CN(CC(=O)Nc1ccc(N2CCOCC2)cc1)Cc1csc([N+](=O)[O-])c1. The molecule has 144 valence electrons. The molecule has 3 rings (SSSR count). The Morgan fingerprint density at radius 2 is 2.04 bits per heavy atom. The van der Waals surface area contributed by atoms with Gasteiger partial charge in [0, 0.05) is 42.5 Å². The molecule has 0 unspecified atom stereocenters. The molecule has 1 N–H and O–H groups in total. The van der Waals surface area contributed by atoms with Gasteiger partial charge in [0.1, 0.15) is 0 Å². The van der Waals surface area contributed by atoms with Gasteiger partial charge in [0.25, 0.3) is 0 Å². The third-order valence-electron chi connectivity index (χ3n) is 4.21. The first-order valence-corrected chi connectivity index (χ1v) is 9.52. The zero-order valence-electron chi connectivity index (χ0n) is 15.1. The molecule has 0 saturated carbocycles. The first kappa shape index (κ1) is 19.3. The second kappa shape index (κ2) is 8.94. The lowest BCUT2D eigenvalue weighted by Gasteiger charge is -2.28. The summed E-state index contributed by atoms with van der Waals surface area (Å²) in [5, 5.41) is 15.5. The average molecular weight is 390 g/mol. The topological polar surface area (TPSA) is 88.0 Å². The van der Waals surface area contributed by atoms with E-state index in [1.807, 2.05) is 36.2 Å². The van der Waals surface area contributed by atoms with Gasteiger partial charge in [-0.1, -0.05) is 11.3 Å². The number of hydrogen-bond donors (Lipinski definition) is 1. The van der Waals surface area contributed by atoms with Gasteiger partial charge in [-0.2, -0.15) is 0 Å². The monoisotopic (exact) mass is 390 g/mol. The Morgan fingerprint density at radius 1 is 1.33 bits per heavy atom. The number of benzene rings is 1. The summed E-state index contributed by atoms with van der Waals surface area (Å²) < 4.78 is 5.35. The predicted molar refractivity (Wildman–Crippen MR) is 105 cm³/mol. The molecule has 0 aliphatic carbocycles. The number of nitrogens with one attached hydrogen (secondary N) is 1. The second-order valence-corrected chi connectivity index (χ2v) is 7.31. The van der Waals surface area contributed by atoms with E-state index in [1.54, 1.807) is 11.4 Å². The van der Waals surface area contributed by atoms with Gasteiger partial charge in [-0.05, 0) is 36.9 Å². The fourth-order valence-corrected chi connectivity index (χ4v) is 3.65. The summed E-state index contributed by atoms with van der Waals surface area (Å²) in [6.45, 7) is 3.90. The smallest absolute Gasteiger partial charge is 0.324 e. The van der Waals surface area contributed by atoms with E-state index < -0.39 is 4.92 Å². The number of carbonyl (C=O) groups excluding carboxylic acids is 1. The van der Waals surface area contributed by atoms with E-state index in [4.69, 9.17) is 4.74 Å². The van der Waals surface area contributed by atoms with Crippen LogP contribution in [0.4, 0.5) is 16.4 Å². The van der Waals surface area contributed by atoms with Gasteiger partial charge in [-0.15, -0.1) is 0 Å². The summed E-state index contributed by atoms with van der Waals surface area (Å²) in [5.74, 6) is -0.124. The summed E-state index contributed by atoms with van der Waals surface area (Å²) >= 11 is 1.10. The van der Waals surface area contributed by atoms with Crippen LogP contribution in [0.5, 0.6) is 0 Å². The largest absolute Gasteiger partial charge is 0.378 e. The zero-order chi connectivity index (χ0) is 19.2. The first-order chi connectivity index (χ1) is 13.0. The number of amides is 1. The number of nitro groups is 1. The van der Waals surface area contributed by atoms with Crippen LogP contribution < -0.4 is 10.2 Å². The highest BCUT2D eigenvalue weighted by atomic mass is 32.1. The van der Waals surface area contributed by atoms with Crippen LogP contribution in [-0.4, -0.2) is 55.6 Å². The number of hydrogen-bond acceptors (Lipinski definition) is 7. The first-order valence-electron chi connectivity index (χ1n) is 8.64. The van der Waals surface area contributed by atoms with Gasteiger partial charge in [0.15, 0.2) is 0 Å². The van der Waals surface area contributed by atoms with Crippen molar-refractivity contribution >= 4 is 33.6 Å². The van der Waals surface area contributed by atoms with Crippen LogP contribution in [0.15, 0.2) is 35.7 Å². The van der Waals surface area contributed by atoms with Crippen LogP contribution >= 0.6 is 11.3 Å². The van der Waals surface area contributed by atoms with Crippen molar-refractivity contribution in [2.24, 2.45) is 0 Å². The molecule has 1 aromatic carbocycles. The molecule has 0 radical (unpaired) electrons. The normalized spacial score (nSPS) is 14.4. The van der Waals surface area contributed by atoms with Crippen molar-refractivity contribution in [3.05, 3.63) is 51.4 Å². The standard InChI is InChI=1S/C18H22N4O4S/c1-20(11-14-10-18(22(24)25)27-13-14)12-17(23)19-15-2-4-16(5-3-15)21-6-8-26-9-7-21/h2-5,10,13H,6-9,11-12H2,1H3,(H,19,23). The molecule has 8 nitrogen and oxygen atoms in total. The van der Waals surface area contributed by atoms with Crippen molar-refractivity contribution in [3.63, 3.8) is 0 Å². The van der Waals surface area contributed by atoms with Crippen molar-refractivity contribution in [1.29, 1.82) is 0 Å². The van der Waals surface area contributed by atoms with Crippen LogP contribution in [0.3, 0.4) is 0 Å². The molecule has 2 aromatic rings. The van der Waals surface area contributed by atoms with E-state index >= 15 is 0 Å². The van der Waals surface area contributed by atoms with Gasteiger partial charge in [-0.25, -0.2) is 0 Å². The Hall–Kier alpha value is -2.49. The molecule has 1 aliphatic rings. The number of rotatable bonds is 7. The van der Waals surface area contributed by atoms with Crippen molar-refractivity contribution in [3.8, 4) is 0 Å². The molecular formula is C18H22N4O4S. The van der Waals surface area contributed by atoms with E-state index in [2.05, 4.69) is 10.2 Å². The summed E-state index contributed by atoms with van der Waals surface area (Å²) in [4.78, 5) is 26.6. The highest BCUT2D eigenvalue weighted by Crippen LogP contribution is 2.23. The molecule has 1 amide bonds. The van der Waals surface area contributed by atoms with Crippen LogP contribution in [-0.2, 0) is 16.1 Å². The maximum Gasteiger partial charge on any atom is 0.324 e. The van der Waals surface area contributed by atoms with E-state index in [-0.39, 0.29) is 17.5 Å². The second-order valence-electron chi connectivity index (χ2n) is 6.42. The van der Waals surface area contributed by atoms with Crippen LogP contribution in [0.2, 0.25) is 0 Å². The van der Waals surface area contributed by atoms with Crippen molar-refractivity contribution < 1.29 is 14.5 Å². The number of thiophene rings is 1. The Bertz CT molecular complexity index is 787. The molecule has 0 bridgehead atoms. The zero-order valence-corrected chi connectivity index (χ0v) is 15.9. The molecule has 1 aliphatic heterocycles. The summed E-state index contributed by atoms with van der Waals surface area (Å²) in [5.41, 5.74) is 2.70. The number of nitrogens with zero attached hydrogens (tertiary/aromatic N) is 3. The third-order valence-corrected chi connectivity index (χ3v) is 5.14. The molecule has 1 fully saturated rings. The molecule has 2 heterocycles. The molecule has 0 atom stereocenters. The summed E-state index contributed by atoms with van der Waals surface area (Å²) in [6, 6.07) is 9.32. The molecular weight excluding hydrogens is 368 g/mol. The fraction of sp³-hybridized carbons (Fsp3) is 0.389. The van der Waals surface area contributed by atoms with Crippen LogP contribution in [0.1, 0.15) is 5.56 Å². The maximum atomic E-state index is 12.2. The van der Waals surface area contributed by atoms with Crippen molar-refractivity contribution in [2.75, 3.05) is 50.1 Å². The average Bonchev–Trinajstić information content (AvgIpc) is 3.11. The van der Waals surface area contributed by atoms with Gasteiger partial charge in [-0.3, -0.25) is 19.8 Å². The molecule has 1 aromatic heterocycles. The quantitative estimate of drug-likeness (QED) is 0.577. The number of ether oxygens (including phenoxy) is 1. The molecule has 27 heavy (non-hydrogen) atoms. The summed E-state index contributed by atoms with van der Waals surface area (Å²) in [7, 11) is 1.81. The minimum atomic E-state index is -0.401. The van der Waals surface area contributed by atoms with E-state index in [9.17, 15) is 14.9 Å². The highest BCUT2D eigenvalue weighted by Gasteiger charge is 2.14. The number of carbonyl (C=O) groups is 1. The van der Waals surface area contributed by atoms with Crippen molar-refractivity contribution in [1.82, 2.24) is 4.90 Å². The Morgan fingerprint density at radius 3 is 2.67 bits per heavy atom. The van der Waals surface area contributed by atoms with Crippen LogP contribution in [0.25, 0.3) is 0 Å². The van der Waals surface area contributed by atoms with Crippen LogP contribution in [0, 0.1) is 10.1 Å². The number of morpholine rings is 1. The lowest BCUT2D eigenvalue weighted by Crippen LogP contribution is -2.36. The van der Waals surface area contributed by atoms with Gasteiger partial charge >= 0.3 is 5.00 Å². The molecule has 1 saturated heterocycles. The lowest BCUT2D eigenvalue weighted by molar-refractivity contribution is -0.380. The van der Waals surface area contributed by atoms with Gasteiger partial charge in [0.2, 0.25) is 5.91 Å². The molecule has 0 spiro atoms. The lowest BCUT2D eigenvalue weighted by atomic mass is 10.2. The Labute approximate surface area is 161 Å². The van der Waals surface area contributed by atoms with E-state index in [0.717, 1.165) is 54.6 Å². The van der Waals surface area contributed by atoms with E-state index in [1.165, 1.54) is 0 Å². The third kappa shape index (κ3) is 5.49. The minimum absolute atomic E-state index is 0.114. The number of likely N-dealkylation sites (N-methyl/N-ethyl adjacent to an activating group) is 1. The predicted octanol–water partition coefficient (Wildman–Crippen LogP) is 2.56. The van der Waals surface area contributed by atoms with Gasteiger partial charge in [0.05, 0.1) is 24.7 Å². The maximum absolute atomic E-state index is 12.2. The fourth-order valence-electron chi connectivity index (χ4n) is 2.93. The van der Waals surface area contributed by atoms with Crippen molar-refractivity contribution in [2.45, 2.75) is 6.54 Å². The molecule has 9 heteroatoms. The summed E-state index contributed by atoms with van der Waals surface area (Å²) in [6.07, 6.45) is 0.